The van der Waals surface area contributed by atoms with Crippen molar-refractivity contribution >= 4 is 63.3 Å². The van der Waals surface area contributed by atoms with E-state index in [0.29, 0.717) is 208 Å². The molecule has 3 rings (SSSR count). The zero-order valence-corrected chi connectivity index (χ0v) is 61.8. The molecule has 590 valence electrons. The largest absolute Gasteiger partial charge is 0.460 e. The molecule has 35 heteroatoms. The summed E-state index contributed by atoms with van der Waals surface area (Å²) in [6, 6.07) is 0.466. The summed E-state index contributed by atoms with van der Waals surface area (Å²) in [5.74, 6) is -5.99. The Morgan fingerprint density at radius 2 is 0.981 bits per heavy atom. The molecule has 0 bridgehead atoms. The Morgan fingerprint density at radius 3 is 1.39 bits per heavy atom. The second-order valence-electron chi connectivity index (χ2n) is 24.2. The van der Waals surface area contributed by atoms with Crippen LogP contribution in [0, 0.1) is 11.3 Å². The summed E-state index contributed by atoms with van der Waals surface area (Å²) in [4.78, 5) is 93.9. The number of ether oxygens (including phenoxy) is 19. The lowest BCUT2D eigenvalue weighted by Gasteiger charge is -2.27. The van der Waals surface area contributed by atoms with E-state index in [-0.39, 0.29) is 39.6 Å². The summed E-state index contributed by atoms with van der Waals surface area (Å²) in [6.07, 6.45) is 5.40. The summed E-state index contributed by atoms with van der Waals surface area (Å²) in [5.41, 5.74) is 0.840. The van der Waals surface area contributed by atoms with Gasteiger partial charge in [0.05, 0.1) is 242 Å². The van der Waals surface area contributed by atoms with Crippen molar-refractivity contribution in [1.29, 1.82) is 0 Å². The first-order valence-corrected chi connectivity index (χ1v) is 36.2. The number of imide groups is 1. The van der Waals surface area contributed by atoms with E-state index >= 15 is 0 Å². The molecule has 2 aliphatic rings. The van der Waals surface area contributed by atoms with E-state index in [4.69, 9.17) is 94.6 Å². The number of carbonyl (C=O) groups excluding carboxylic acids is 7. The molecule has 34 nitrogen and oxygen atoms in total. The fourth-order valence-electron chi connectivity index (χ4n) is 9.01. The van der Waals surface area contributed by atoms with Gasteiger partial charge in [-0.05, 0) is 56.9 Å². The van der Waals surface area contributed by atoms with Crippen molar-refractivity contribution in [2.24, 2.45) is 11.3 Å². The second-order valence-corrected chi connectivity index (χ2v) is 25.8. The molecule has 1 fully saturated rings. The van der Waals surface area contributed by atoms with Gasteiger partial charge >= 0.3 is 5.97 Å². The molecule has 6 amide bonds. The van der Waals surface area contributed by atoms with Crippen molar-refractivity contribution in [1.82, 2.24) is 20.4 Å². The first-order chi connectivity index (χ1) is 49.6. The van der Waals surface area contributed by atoms with Gasteiger partial charge in [0.1, 0.15) is 31.5 Å². The van der Waals surface area contributed by atoms with Gasteiger partial charge < -0.3 is 111 Å². The van der Waals surface area contributed by atoms with Gasteiger partial charge in [-0.1, -0.05) is 32.1 Å². The Balaban J connectivity index is 1.18. The Labute approximate surface area is 605 Å². The highest BCUT2D eigenvalue weighted by Crippen LogP contribution is 2.27. The van der Waals surface area contributed by atoms with Crippen molar-refractivity contribution in [2.75, 3.05) is 250 Å². The van der Waals surface area contributed by atoms with Crippen LogP contribution in [0.1, 0.15) is 59.1 Å². The van der Waals surface area contributed by atoms with Crippen molar-refractivity contribution in [3.05, 3.63) is 47.6 Å². The molecule has 1 aromatic carbocycles. The van der Waals surface area contributed by atoms with E-state index in [1.807, 2.05) is 0 Å². The lowest BCUT2D eigenvalue weighted by Crippen LogP contribution is -2.56. The molecule has 4 N–H and O–H groups in total. The first-order valence-electron chi connectivity index (χ1n) is 34.6. The number of hydrogen-bond donors (Lipinski definition) is 4. The van der Waals surface area contributed by atoms with Crippen LogP contribution in [0.4, 0.5) is 5.69 Å². The van der Waals surface area contributed by atoms with Gasteiger partial charge in [-0.15, -0.1) is 0 Å². The average Bonchev–Trinajstić information content (AvgIpc) is 1.64. The number of likely N-dealkylation sites (tertiary alicyclic amines) is 1. The molecule has 2 heterocycles. The molecule has 1 aromatic rings. The van der Waals surface area contributed by atoms with Crippen molar-refractivity contribution in [3.8, 4) is 0 Å². The summed E-state index contributed by atoms with van der Waals surface area (Å²) in [7, 11) is -2.74. The number of methoxy groups -OCH3 is 1. The Bertz CT molecular complexity index is 2690. The van der Waals surface area contributed by atoms with E-state index < -0.39 is 106 Å². The van der Waals surface area contributed by atoms with Crippen LogP contribution in [-0.2, 0) is 140 Å². The van der Waals surface area contributed by atoms with Crippen LogP contribution in [-0.4, -0.2) is 333 Å². The highest BCUT2D eigenvalue weighted by molar-refractivity contribution is 7.85. The Kier molecular flexibility index (Phi) is 50.4. The number of benzene rings is 1. The Morgan fingerprint density at radius 1 is 0.563 bits per heavy atom. The molecule has 0 spiro atoms. The molecule has 2 aliphatic heterocycles. The van der Waals surface area contributed by atoms with Crippen LogP contribution in [0.25, 0.3) is 6.08 Å². The van der Waals surface area contributed by atoms with Gasteiger partial charge in [0.15, 0.2) is 0 Å². The molecule has 103 heavy (non-hydrogen) atoms. The van der Waals surface area contributed by atoms with Crippen LogP contribution >= 0.6 is 0 Å². The van der Waals surface area contributed by atoms with Crippen LogP contribution in [0.2, 0.25) is 0 Å². The summed E-state index contributed by atoms with van der Waals surface area (Å²) in [6.45, 7) is 22.1. The molecule has 0 aliphatic carbocycles. The predicted molar refractivity (Wildman–Crippen MR) is 370 cm³/mol. The zero-order valence-electron chi connectivity index (χ0n) is 61.0. The molecule has 0 unspecified atom stereocenters. The third-order valence-corrected chi connectivity index (χ3v) is 15.2. The van der Waals surface area contributed by atoms with Crippen LogP contribution < -0.4 is 16.0 Å². The van der Waals surface area contributed by atoms with Crippen molar-refractivity contribution < 1.29 is 137 Å². The highest BCUT2D eigenvalue weighted by Gasteiger charge is 2.47. The minimum atomic E-state index is -4.37. The van der Waals surface area contributed by atoms with E-state index in [2.05, 4.69) is 16.0 Å². The first kappa shape index (κ1) is 91.6. The molecule has 0 radical (unpaired) electrons. The number of esters is 1. The van der Waals surface area contributed by atoms with Crippen molar-refractivity contribution in [2.45, 2.75) is 78.7 Å². The monoisotopic (exact) mass is 1500 g/mol. The topological polar surface area (TPSA) is 392 Å². The molecule has 0 aromatic heterocycles. The lowest BCUT2D eigenvalue weighted by molar-refractivity contribution is -0.154. The number of hydrogen-bond acceptors (Lipinski definition) is 28. The van der Waals surface area contributed by atoms with Gasteiger partial charge in [0, 0.05) is 31.4 Å². The summed E-state index contributed by atoms with van der Waals surface area (Å²) in [5, 5.41) is 8.02. The van der Waals surface area contributed by atoms with E-state index in [1.165, 1.54) is 6.92 Å². The Hall–Kier alpha value is -5.62. The molecule has 0 saturated carbocycles. The molecule has 1 saturated heterocycles. The molecule has 4 atom stereocenters. The fourth-order valence-corrected chi connectivity index (χ4v) is 9.34. The standard InChI is InChI=1S/C68H113N5O29S/c1-53(2)63(71-60(74)49-72-58(51-99-45-46-103(81,82)83)48-59(66(72)79)73-61(75)12-13-62(73)76)65(78)69-54(3)64(77)70-57-11-10-56(50-102-67(80)68(4,5)6)55(47-57)9-8-14-85-17-18-87-21-22-89-25-26-91-27-28-92-29-30-93-31-32-94-34-36-96-38-40-98-42-44-101-52-100-43-41-97-39-37-95-35-33-90-24-23-88-20-19-86-16-15-84-7/h8-13,47,53-54,58-59,63H,14-46,48-52H2,1-7H3,(H,69,78)(H,70,77)(H,71,74)(H,81,82,83)/b9-8+/t54-,58-,59-,63-/m0/s1. The van der Waals surface area contributed by atoms with Gasteiger partial charge in [-0.25, -0.2) is 0 Å². The van der Waals surface area contributed by atoms with Gasteiger partial charge in [-0.2, -0.15) is 8.42 Å². The predicted octanol–water partition coefficient (Wildman–Crippen LogP) is 1.04. The summed E-state index contributed by atoms with van der Waals surface area (Å²) >= 11 is 0. The lowest BCUT2D eigenvalue weighted by atomic mass is 9.97. The zero-order chi connectivity index (χ0) is 75.2. The van der Waals surface area contributed by atoms with Crippen molar-refractivity contribution in [3.63, 3.8) is 0 Å². The maximum absolute atomic E-state index is 13.7. The highest BCUT2D eigenvalue weighted by atomic mass is 32.2. The van der Waals surface area contributed by atoms with E-state index in [0.717, 1.165) is 22.0 Å². The van der Waals surface area contributed by atoms with Crippen LogP contribution in [0.3, 0.4) is 0 Å². The minimum absolute atomic E-state index is 0.0595. The third-order valence-electron chi connectivity index (χ3n) is 14.5. The van der Waals surface area contributed by atoms with Gasteiger partial charge in [0.25, 0.3) is 21.9 Å². The normalized spacial score (nSPS) is 15.5. The van der Waals surface area contributed by atoms with Crippen LogP contribution in [0.5, 0.6) is 0 Å². The average molecular weight is 1500 g/mol. The van der Waals surface area contributed by atoms with E-state index in [9.17, 15) is 42.0 Å². The quantitative estimate of drug-likeness (QED) is 0.0233. The fraction of sp³-hybridized carbons (Fsp3) is 0.750. The number of nitrogens with zero attached hydrogens (tertiary/aromatic N) is 2. The molecular formula is C68H113N5O29S. The van der Waals surface area contributed by atoms with Crippen LogP contribution in [0.15, 0.2) is 36.4 Å². The summed E-state index contributed by atoms with van der Waals surface area (Å²) < 4.78 is 135. The maximum atomic E-state index is 13.7. The number of amides is 6. The number of carbonyl (C=O) groups is 7. The SMILES string of the molecule is COCCOCCOCCOCCOCCOCCOCOCCOCCOCCOCCOCCOCCOCCOCCOCCOC/C=C/c1cc(NC(=O)[C@H](C)NC(=O)[C@@H](NC(=O)CN2C(=O)[C@@H](N3C(=O)C=CC3=O)C[C@H]2COCCS(=O)(=O)O)C(C)C)ccc1COC(=O)C(C)(C)C. The van der Waals surface area contributed by atoms with Gasteiger partial charge in [0.2, 0.25) is 23.6 Å². The minimum Gasteiger partial charge on any atom is -0.460 e. The number of rotatable bonds is 66. The molecular weight excluding hydrogens is 1380 g/mol. The van der Waals surface area contributed by atoms with Gasteiger partial charge in [-0.3, -0.25) is 43.0 Å². The van der Waals surface area contributed by atoms with E-state index in [1.54, 1.807) is 72.1 Å². The smallest absolute Gasteiger partial charge is 0.311 e. The second kappa shape index (κ2) is 56.7. The number of nitrogens with one attached hydrogen (secondary N) is 3. The third kappa shape index (κ3) is 44.2. The number of anilines is 1. The maximum Gasteiger partial charge on any atom is 0.311 e.